The minimum atomic E-state index is -0.378. The zero-order chi connectivity index (χ0) is 20.1. The van der Waals surface area contributed by atoms with Gasteiger partial charge in [0.15, 0.2) is 6.20 Å². The monoisotopic (exact) mass is 387 g/mol. The van der Waals surface area contributed by atoms with Crippen LogP contribution in [0, 0.1) is 5.21 Å². The fraction of sp³-hybridized carbons (Fsp3) is 0.250. The third-order valence-corrected chi connectivity index (χ3v) is 5.38. The molecule has 2 heterocycles. The van der Waals surface area contributed by atoms with Gasteiger partial charge in [-0.15, -0.1) is 0 Å². The van der Waals surface area contributed by atoms with Gasteiger partial charge in [0.1, 0.15) is 0 Å². The summed E-state index contributed by atoms with van der Waals surface area (Å²) in [7, 11) is 0. The van der Waals surface area contributed by atoms with Gasteiger partial charge in [-0.3, -0.25) is 9.69 Å². The Bertz CT molecular complexity index is 979. The van der Waals surface area contributed by atoms with E-state index in [1.165, 1.54) is 43.8 Å². The van der Waals surface area contributed by atoms with E-state index in [2.05, 4.69) is 40.5 Å². The average molecular weight is 387 g/mol. The molecule has 1 aliphatic rings. The van der Waals surface area contributed by atoms with Crippen LogP contribution in [-0.2, 0) is 13.1 Å². The van der Waals surface area contributed by atoms with Crippen LogP contribution in [0.4, 0.5) is 0 Å². The lowest BCUT2D eigenvalue weighted by molar-refractivity contribution is -0.607. The molecule has 148 valence electrons. The normalized spacial score (nSPS) is 14.1. The van der Waals surface area contributed by atoms with Gasteiger partial charge in [-0.2, -0.15) is 4.73 Å². The van der Waals surface area contributed by atoms with Crippen LogP contribution in [0.5, 0.6) is 0 Å². The van der Waals surface area contributed by atoms with Crippen molar-refractivity contribution in [2.45, 2.75) is 25.9 Å². The minimum absolute atomic E-state index is 0.0937. The van der Waals surface area contributed by atoms with E-state index in [4.69, 9.17) is 0 Å². The predicted molar refractivity (Wildman–Crippen MR) is 113 cm³/mol. The summed E-state index contributed by atoms with van der Waals surface area (Å²) in [6, 6.07) is 21.5. The molecule has 3 aromatic rings. The Hall–Kier alpha value is -3.18. The standard InChI is InChI=1S/C24H25N3O2/c28-24(23-9-3-4-16-27(23)29)25-17-21-7-1-2-8-22(21)20-12-10-19(11-13-20)18-26-14-5-6-15-26/h1-4,7-13,16H,5-6,14-15,17-18H2,(H,25,28). The molecule has 1 aromatic heterocycles. The highest BCUT2D eigenvalue weighted by Gasteiger charge is 2.15. The van der Waals surface area contributed by atoms with Gasteiger partial charge in [-0.1, -0.05) is 48.5 Å². The molecule has 0 saturated carbocycles. The Morgan fingerprint density at radius 2 is 1.69 bits per heavy atom. The first-order valence-electron chi connectivity index (χ1n) is 10.1. The van der Waals surface area contributed by atoms with E-state index in [1.54, 1.807) is 12.1 Å². The summed E-state index contributed by atoms with van der Waals surface area (Å²) in [5.41, 5.74) is 4.64. The molecule has 5 heteroatoms. The summed E-state index contributed by atoms with van der Waals surface area (Å²) in [6.07, 6.45) is 3.92. The van der Waals surface area contributed by atoms with Crippen LogP contribution >= 0.6 is 0 Å². The van der Waals surface area contributed by atoms with Crippen LogP contribution in [-0.4, -0.2) is 23.9 Å². The number of hydrogen-bond donors (Lipinski definition) is 1. The molecule has 0 radical (unpaired) electrons. The smallest absolute Gasteiger partial charge is 0.317 e. The number of carbonyl (C=O) groups excluding carboxylic acids is 1. The number of nitrogens with one attached hydrogen (secondary N) is 1. The number of benzene rings is 2. The number of amides is 1. The summed E-state index contributed by atoms with van der Waals surface area (Å²) >= 11 is 0. The number of nitrogens with zero attached hydrogens (tertiary/aromatic N) is 2. The van der Waals surface area contributed by atoms with E-state index in [0.717, 1.165) is 23.2 Å². The highest BCUT2D eigenvalue weighted by molar-refractivity contribution is 5.90. The van der Waals surface area contributed by atoms with Crippen LogP contribution in [0.3, 0.4) is 0 Å². The Morgan fingerprint density at radius 1 is 0.966 bits per heavy atom. The lowest BCUT2D eigenvalue weighted by atomic mass is 9.98. The molecule has 1 amide bonds. The van der Waals surface area contributed by atoms with Crippen molar-refractivity contribution >= 4 is 5.91 Å². The van der Waals surface area contributed by atoms with Crippen LogP contribution in [0.15, 0.2) is 72.9 Å². The van der Waals surface area contributed by atoms with Crippen LogP contribution in [0.1, 0.15) is 34.5 Å². The second-order valence-electron chi connectivity index (χ2n) is 7.43. The Labute approximate surface area is 171 Å². The van der Waals surface area contributed by atoms with Crippen LogP contribution in [0.2, 0.25) is 0 Å². The number of aromatic nitrogens is 1. The summed E-state index contributed by atoms with van der Waals surface area (Å²) in [5.74, 6) is -0.378. The zero-order valence-electron chi connectivity index (χ0n) is 16.4. The third kappa shape index (κ3) is 4.63. The number of hydrogen-bond acceptors (Lipinski definition) is 3. The van der Waals surface area contributed by atoms with Crippen molar-refractivity contribution in [1.29, 1.82) is 0 Å². The van der Waals surface area contributed by atoms with Gasteiger partial charge < -0.3 is 10.5 Å². The Balaban J connectivity index is 1.46. The first-order valence-corrected chi connectivity index (χ1v) is 10.1. The highest BCUT2D eigenvalue weighted by atomic mass is 16.5. The van der Waals surface area contributed by atoms with Gasteiger partial charge in [-0.05, 0) is 54.3 Å². The molecule has 0 spiro atoms. The fourth-order valence-corrected chi connectivity index (χ4v) is 3.81. The molecule has 1 N–H and O–H groups in total. The lowest BCUT2D eigenvalue weighted by Gasteiger charge is -2.15. The number of rotatable bonds is 6. The van der Waals surface area contributed by atoms with E-state index >= 15 is 0 Å². The molecule has 1 aliphatic heterocycles. The van der Waals surface area contributed by atoms with Gasteiger partial charge >= 0.3 is 5.91 Å². The molecule has 1 fully saturated rings. The van der Waals surface area contributed by atoms with Gasteiger partial charge in [0.2, 0.25) is 0 Å². The summed E-state index contributed by atoms with van der Waals surface area (Å²) in [6.45, 7) is 3.74. The predicted octanol–water partition coefficient (Wildman–Crippen LogP) is 3.51. The first-order chi connectivity index (χ1) is 14.2. The Morgan fingerprint density at radius 3 is 2.45 bits per heavy atom. The van der Waals surface area contributed by atoms with E-state index in [1.807, 2.05) is 18.2 Å². The Kier molecular flexibility index (Phi) is 5.86. The molecule has 0 aliphatic carbocycles. The summed E-state index contributed by atoms with van der Waals surface area (Å²) in [4.78, 5) is 14.8. The van der Waals surface area contributed by atoms with Crippen molar-refractivity contribution in [3.05, 3.63) is 95.0 Å². The van der Waals surface area contributed by atoms with Crippen LogP contribution < -0.4 is 10.0 Å². The van der Waals surface area contributed by atoms with Crippen molar-refractivity contribution in [1.82, 2.24) is 10.2 Å². The first kappa shape index (κ1) is 19.2. The number of likely N-dealkylation sites (tertiary alicyclic amines) is 1. The second kappa shape index (κ2) is 8.88. The molecule has 0 atom stereocenters. The number of pyridine rings is 1. The summed E-state index contributed by atoms with van der Waals surface area (Å²) in [5, 5.41) is 14.6. The van der Waals surface area contributed by atoms with E-state index < -0.39 is 0 Å². The van der Waals surface area contributed by atoms with E-state index in [0.29, 0.717) is 11.3 Å². The average Bonchev–Trinajstić information content (AvgIpc) is 3.26. The summed E-state index contributed by atoms with van der Waals surface area (Å²) < 4.78 is 0.584. The van der Waals surface area contributed by atoms with Crippen molar-refractivity contribution < 1.29 is 9.52 Å². The zero-order valence-corrected chi connectivity index (χ0v) is 16.4. The van der Waals surface area contributed by atoms with E-state index in [9.17, 15) is 10.0 Å². The topological polar surface area (TPSA) is 59.3 Å². The lowest BCUT2D eigenvalue weighted by Crippen LogP contribution is -2.38. The fourth-order valence-electron chi connectivity index (χ4n) is 3.81. The molecule has 4 rings (SSSR count). The molecule has 5 nitrogen and oxygen atoms in total. The second-order valence-corrected chi connectivity index (χ2v) is 7.43. The highest BCUT2D eigenvalue weighted by Crippen LogP contribution is 2.25. The molecular weight excluding hydrogens is 362 g/mol. The van der Waals surface area contributed by atoms with E-state index in [-0.39, 0.29) is 11.6 Å². The van der Waals surface area contributed by atoms with Gasteiger partial charge in [0.25, 0.3) is 5.69 Å². The molecule has 29 heavy (non-hydrogen) atoms. The molecule has 0 unspecified atom stereocenters. The maximum absolute atomic E-state index is 12.4. The van der Waals surface area contributed by atoms with Crippen LogP contribution in [0.25, 0.3) is 11.1 Å². The van der Waals surface area contributed by atoms with Gasteiger partial charge in [0.05, 0.1) is 0 Å². The molecule has 2 aromatic carbocycles. The third-order valence-electron chi connectivity index (χ3n) is 5.38. The minimum Gasteiger partial charge on any atom is -0.618 e. The van der Waals surface area contributed by atoms with Crippen molar-refractivity contribution in [2.24, 2.45) is 0 Å². The number of carbonyl (C=O) groups is 1. The largest absolute Gasteiger partial charge is 0.618 e. The quantitative estimate of drug-likeness (QED) is 0.520. The molecular formula is C24H25N3O2. The maximum Gasteiger partial charge on any atom is 0.317 e. The molecule has 1 saturated heterocycles. The van der Waals surface area contributed by atoms with Crippen molar-refractivity contribution in [2.75, 3.05) is 13.1 Å². The van der Waals surface area contributed by atoms with Crippen molar-refractivity contribution in [3.63, 3.8) is 0 Å². The van der Waals surface area contributed by atoms with Gasteiger partial charge in [-0.25, -0.2) is 0 Å². The SMILES string of the molecule is O=C(NCc1ccccc1-c1ccc(CN2CCCC2)cc1)c1cccc[n+]1[O-]. The maximum atomic E-state index is 12.4. The van der Waals surface area contributed by atoms with Gasteiger partial charge in [0, 0.05) is 25.2 Å². The van der Waals surface area contributed by atoms with Crippen molar-refractivity contribution in [3.8, 4) is 11.1 Å². The molecule has 0 bridgehead atoms.